The van der Waals surface area contributed by atoms with Crippen LogP contribution in [0.3, 0.4) is 0 Å². The molecule has 16 nitrogen and oxygen atoms in total. The minimum atomic E-state index is -3.83. The fourth-order valence-electron chi connectivity index (χ4n) is 9.27. The number of nitrogens with zero attached hydrogens (tertiary/aromatic N) is 3. The molecule has 0 unspecified atom stereocenters. The minimum Gasteiger partial charge on any atom is -0.494 e. The number of hydrogen-bond donors (Lipinski definition) is 6. The van der Waals surface area contributed by atoms with Crippen LogP contribution in [-0.4, -0.2) is 61.8 Å². The van der Waals surface area contributed by atoms with E-state index in [1.54, 1.807) is 66.7 Å². The van der Waals surface area contributed by atoms with Crippen molar-refractivity contribution < 1.29 is 30.0 Å². The Kier molecular flexibility index (Phi) is 18.0. The summed E-state index contributed by atoms with van der Waals surface area (Å²) in [5.74, 6) is 2.90. The van der Waals surface area contributed by atoms with Gasteiger partial charge in [0.2, 0.25) is 30.1 Å². The Bertz CT molecular complexity index is 4930. The molecule has 0 bridgehead atoms. The third kappa shape index (κ3) is 14.8. The molecule has 432 valence electrons. The molecular weight excluding hydrogens is 1190 g/mol. The molecule has 12 rings (SSSR count). The number of sulfonamides is 3. The summed E-state index contributed by atoms with van der Waals surface area (Å²) < 4.78 is 76.9. The van der Waals surface area contributed by atoms with Crippen LogP contribution in [0, 0.1) is 0 Å². The Labute approximate surface area is 506 Å². The number of nitrogens with one attached hydrogen (secondary N) is 3. The van der Waals surface area contributed by atoms with Gasteiger partial charge in [0.15, 0.2) is 0 Å². The molecule has 9 N–H and O–H groups in total. The van der Waals surface area contributed by atoms with Crippen LogP contribution in [0.4, 0.5) is 0 Å². The third-order valence-electron chi connectivity index (χ3n) is 13.2. The van der Waals surface area contributed by atoms with Crippen LogP contribution >= 0.6 is 23.2 Å². The Balaban J connectivity index is 0.000000143. The van der Waals surface area contributed by atoms with Gasteiger partial charge in [0.25, 0.3) is 0 Å². The molecule has 21 heteroatoms. The number of aromatic nitrogens is 6. The largest absolute Gasteiger partial charge is 0.494 e. The lowest BCUT2D eigenvalue weighted by atomic mass is 10.1. The highest BCUT2D eigenvalue weighted by molar-refractivity contribution is 7.89. The molecule has 0 saturated carbocycles. The minimum absolute atomic E-state index is 0.0820. The van der Waals surface area contributed by atoms with Crippen molar-refractivity contribution in [1.29, 1.82) is 0 Å². The number of benzene rings is 9. The smallest absolute Gasteiger partial charge is 0.238 e. The van der Waals surface area contributed by atoms with E-state index in [0.717, 1.165) is 78.1 Å². The molecule has 9 aromatic carbocycles. The molecule has 0 amide bonds. The maximum atomic E-state index is 11.9. The monoisotopic (exact) mass is 1240 g/mol. The number of nitrogens with two attached hydrogens (primary N) is 3. The number of imidazole rings is 3. The van der Waals surface area contributed by atoms with Gasteiger partial charge in [-0.1, -0.05) is 163 Å². The molecule has 3 heterocycles. The number of fused-ring (bicyclic) bond motifs is 3. The second-order valence-corrected chi connectivity index (χ2v) is 24.7. The van der Waals surface area contributed by atoms with E-state index in [4.69, 9.17) is 43.4 Å². The zero-order valence-electron chi connectivity index (χ0n) is 45.6. The molecule has 0 aliphatic rings. The van der Waals surface area contributed by atoms with E-state index in [2.05, 4.69) is 29.9 Å². The molecule has 0 atom stereocenters. The number of rotatable bonds is 14. The van der Waals surface area contributed by atoms with Crippen molar-refractivity contribution in [2.24, 2.45) is 15.4 Å². The summed E-state index contributed by atoms with van der Waals surface area (Å²) in [6.07, 6.45) is 11.4. The van der Waals surface area contributed by atoms with Crippen LogP contribution in [0.2, 0.25) is 10.0 Å². The quantitative estimate of drug-likeness (QED) is 0.0599. The van der Waals surface area contributed by atoms with Crippen LogP contribution in [0.15, 0.2) is 215 Å². The number of H-pyrrole nitrogens is 3. The molecule has 0 aliphatic heterocycles. The van der Waals surface area contributed by atoms with Crippen molar-refractivity contribution in [1.82, 2.24) is 29.9 Å². The van der Waals surface area contributed by atoms with Crippen LogP contribution in [-0.2, 0) is 30.1 Å². The first-order valence-electron chi connectivity index (χ1n) is 26.4. The van der Waals surface area contributed by atoms with E-state index in [1.165, 1.54) is 18.2 Å². The normalized spacial score (nSPS) is 12.0. The van der Waals surface area contributed by atoms with Gasteiger partial charge in [-0.25, -0.2) is 55.6 Å². The second kappa shape index (κ2) is 25.9. The van der Waals surface area contributed by atoms with Crippen LogP contribution in [0.5, 0.6) is 5.75 Å². The maximum absolute atomic E-state index is 11.9. The van der Waals surface area contributed by atoms with Crippen molar-refractivity contribution in [2.45, 2.75) is 21.6 Å². The number of primary sulfonamides is 3. The summed E-state index contributed by atoms with van der Waals surface area (Å²) in [5, 5.41) is 17.1. The van der Waals surface area contributed by atoms with Gasteiger partial charge in [0, 0.05) is 16.7 Å². The van der Waals surface area contributed by atoms with Crippen molar-refractivity contribution >= 4 is 123 Å². The molecule has 0 radical (unpaired) electrons. The topological polar surface area (TPSA) is 276 Å². The van der Waals surface area contributed by atoms with Gasteiger partial charge in [0.05, 0.1) is 64.4 Å². The summed E-state index contributed by atoms with van der Waals surface area (Å²) in [6, 6.07) is 59.8. The van der Waals surface area contributed by atoms with E-state index in [-0.39, 0.29) is 14.7 Å². The van der Waals surface area contributed by atoms with E-state index in [1.807, 2.05) is 159 Å². The summed E-state index contributed by atoms with van der Waals surface area (Å²) in [5.41, 5.74) is 11.6. The standard InChI is InChI=1S/C23H21N3O3S.C21H15Cl2N3O2S.C21H17N3O2S/c1-2-29-18-7-5-6-16(14-18)10-13-23-25-20-12-11-17(15-21(20)26-23)19-8-3-4-9-22(19)30(24,27)28;22-16-8-5-13(11-17(16)23)6-10-21-25-18-9-7-14(12-19(18)26-21)15-3-1-2-4-20(15)29(24,27)28;22-27(25,26)20-9-5-4-8-17(20)16-11-12-18-19(14-16)24-21(23-18)13-10-15-6-2-1-3-7-15/h3-15H,2H2,1H3,(H,25,26)(H2,24,27,28);1-12H,(H,25,26)(H2,24,27,28);1-14H,(H,23,24)(H2,22,25,26)/b13-10+;10-6+;13-10+. The van der Waals surface area contributed by atoms with Gasteiger partial charge >= 0.3 is 0 Å². The lowest BCUT2D eigenvalue weighted by molar-refractivity contribution is 0.340. The molecule has 12 aromatic rings. The first-order chi connectivity index (χ1) is 41.2. The van der Waals surface area contributed by atoms with Gasteiger partial charge in [-0.3, -0.25) is 0 Å². The Morgan fingerprint density at radius 3 is 1.16 bits per heavy atom. The maximum Gasteiger partial charge on any atom is 0.238 e. The zero-order chi connectivity index (χ0) is 60.6. The van der Waals surface area contributed by atoms with Gasteiger partial charge in [-0.15, -0.1) is 0 Å². The lowest BCUT2D eigenvalue weighted by Gasteiger charge is -2.07. The van der Waals surface area contributed by atoms with Crippen LogP contribution in [0.25, 0.3) is 103 Å². The van der Waals surface area contributed by atoms with E-state index < -0.39 is 30.1 Å². The predicted molar refractivity (Wildman–Crippen MR) is 346 cm³/mol. The predicted octanol–water partition coefficient (Wildman–Crippen LogP) is 13.8. The molecular formula is C65H53Cl2N9O7S3. The fourth-order valence-corrected chi connectivity index (χ4v) is 11.9. The molecule has 0 spiro atoms. The van der Waals surface area contributed by atoms with Crippen molar-refractivity contribution in [3.8, 4) is 39.1 Å². The van der Waals surface area contributed by atoms with E-state index >= 15 is 0 Å². The van der Waals surface area contributed by atoms with Gasteiger partial charge in [0.1, 0.15) is 23.2 Å². The second-order valence-electron chi connectivity index (χ2n) is 19.3. The molecule has 3 aromatic heterocycles. The Morgan fingerprint density at radius 2 is 0.767 bits per heavy atom. The fraction of sp³-hybridized carbons (Fsp3) is 0.0308. The van der Waals surface area contributed by atoms with Gasteiger partial charge in [-0.2, -0.15) is 0 Å². The summed E-state index contributed by atoms with van der Waals surface area (Å²) in [4.78, 5) is 23.7. The highest BCUT2D eigenvalue weighted by atomic mass is 35.5. The Morgan fingerprint density at radius 1 is 0.395 bits per heavy atom. The number of halogens is 2. The average molecular weight is 1240 g/mol. The van der Waals surface area contributed by atoms with E-state index in [9.17, 15) is 25.3 Å². The number of ether oxygens (including phenoxy) is 1. The van der Waals surface area contributed by atoms with Gasteiger partial charge < -0.3 is 19.7 Å². The number of aromatic amines is 3. The van der Waals surface area contributed by atoms with E-state index in [0.29, 0.717) is 45.0 Å². The third-order valence-corrected chi connectivity index (χ3v) is 16.9. The summed E-state index contributed by atoms with van der Waals surface area (Å²) in [6.45, 7) is 2.57. The van der Waals surface area contributed by atoms with Crippen LogP contribution in [0.1, 0.15) is 41.1 Å². The lowest BCUT2D eigenvalue weighted by Crippen LogP contribution is -2.13. The van der Waals surface area contributed by atoms with Gasteiger partial charge in [-0.05, 0) is 137 Å². The van der Waals surface area contributed by atoms with Crippen LogP contribution < -0.4 is 20.2 Å². The Hall–Kier alpha value is -9.28. The molecule has 0 saturated heterocycles. The highest BCUT2D eigenvalue weighted by Gasteiger charge is 2.18. The van der Waals surface area contributed by atoms with Crippen molar-refractivity contribution in [2.75, 3.05) is 6.61 Å². The molecule has 0 fully saturated rings. The van der Waals surface area contributed by atoms with Crippen molar-refractivity contribution in [3.63, 3.8) is 0 Å². The highest BCUT2D eigenvalue weighted by Crippen LogP contribution is 2.33. The SMILES string of the molecule is CCOc1cccc(/C=C/c2nc3ccc(-c4ccccc4S(N)(=O)=O)cc3[nH]2)c1.NS(=O)(=O)c1ccccc1-c1ccc2nc(/C=C/c3ccc(Cl)c(Cl)c3)[nH]c2c1.NS(=O)(=O)c1ccccc1-c1ccc2nc(/C=C/c3ccccc3)[nH]c2c1. The van der Waals surface area contributed by atoms with Crippen molar-refractivity contribution in [3.05, 3.63) is 244 Å². The average Bonchev–Trinajstić information content (AvgIpc) is 4.40. The number of hydrogen-bond acceptors (Lipinski definition) is 10. The molecule has 0 aliphatic carbocycles. The molecule has 86 heavy (non-hydrogen) atoms. The first-order valence-corrected chi connectivity index (χ1v) is 31.8. The first kappa shape index (κ1) is 59.9. The summed E-state index contributed by atoms with van der Waals surface area (Å²) >= 11 is 12.0. The zero-order valence-corrected chi connectivity index (χ0v) is 49.6. The summed E-state index contributed by atoms with van der Waals surface area (Å²) in [7, 11) is -11.5.